The van der Waals surface area contributed by atoms with Gasteiger partial charge in [-0.15, -0.1) is 0 Å². The van der Waals surface area contributed by atoms with Crippen LogP contribution in [0.4, 0.5) is 5.69 Å². The molecule has 2 aromatic carbocycles. The lowest BCUT2D eigenvalue weighted by molar-refractivity contribution is 0.374. The third-order valence-electron chi connectivity index (χ3n) is 3.29. The minimum absolute atomic E-state index is 0.401. The molecule has 0 unspecified atom stereocenters. The van der Waals surface area contributed by atoms with Crippen molar-refractivity contribution in [1.82, 2.24) is 0 Å². The molecule has 1 aliphatic carbocycles. The van der Waals surface area contributed by atoms with E-state index in [4.69, 9.17) is 5.73 Å². The molecule has 0 aromatic heterocycles. The van der Waals surface area contributed by atoms with Crippen LogP contribution in [0.2, 0.25) is 0 Å². The summed E-state index contributed by atoms with van der Waals surface area (Å²) in [7, 11) is 0. The summed E-state index contributed by atoms with van der Waals surface area (Å²) in [6, 6.07) is 15.9. The van der Waals surface area contributed by atoms with E-state index in [-0.39, 0.29) is 0 Å². The first-order chi connectivity index (χ1) is 7.81. The van der Waals surface area contributed by atoms with Crippen molar-refractivity contribution in [3.8, 4) is 0 Å². The maximum Gasteiger partial charge on any atom is 0.0348 e. The largest absolute Gasteiger partial charge is 0.382 e. The van der Waals surface area contributed by atoms with Gasteiger partial charge in [0, 0.05) is 17.8 Å². The minimum Gasteiger partial charge on any atom is -0.382 e. The van der Waals surface area contributed by atoms with E-state index in [9.17, 15) is 0 Å². The van der Waals surface area contributed by atoms with Crippen LogP contribution in [0.3, 0.4) is 0 Å². The lowest BCUT2D eigenvalue weighted by Crippen LogP contribution is -2.44. The normalized spacial score (nSPS) is 24.1. The van der Waals surface area contributed by atoms with E-state index in [2.05, 4.69) is 47.8 Å². The van der Waals surface area contributed by atoms with Crippen LogP contribution >= 0.6 is 0 Å². The van der Waals surface area contributed by atoms with Crippen LogP contribution in [0.15, 0.2) is 42.5 Å². The highest BCUT2D eigenvalue weighted by Gasteiger charge is 2.25. The van der Waals surface area contributed by atoms with Crippen molar-refractivity contribution < 1.29 is 0 Å². The second-order valence-electron chi connectivity index (χ2n) is 4.63. The number of hydrogen-bond acceptors (Lipinski definition) is 2. The van der Waals surface area contributed by atoms with E-state index >= 15 is 0 Å². The van der Waals surface area contributed by atoms with Crippen molar-refractivity contribution in [2.24, 2.45) is 5.73 Å². The average Bonchev–Trinajstić information content (AvgIpc) is 2.27. The summed E-state index contributed by atoms with van der Waals surface area (Å²) in [4.78, 5) is 0. The van der Waals surface area contributed by atoms with Gasteiger partial charge in [-0.1, -0.05) is 30.3 Å². The van der Waals surface area contributed by atoms with Crippen molar-refractivity contribution in [1.29, 1.82) is 0 Å². The average molecular weight is 212 g/mol. The van der Waals surface area contributed by atoms with Gasteiger partial charge in [-0.2, -0.15) is 0 Å². The van der Waals surface area contributed by atoms with Gasteiger partial charge in [0.2, 0.25) is 0 Å². The number of nitrogens with one attached hydrogen (secondary N) is 1. The maximum atomic E-state index is 5.77. The summed E-state index contributed by atoms with van der Waals surface area (Å²) < 4.78 is 0. The van der Waals surface area contributed by atoms with Crippen molar-refractivity contribution in [2.75, 3.05) is 5.32 Å². The Labute approximate surface area is 95.5 Å². The van der Waals surface area contributed by atoms with Crippen molar-refractivity contribution in [2.45, 2.75) is 24.9 Å². The lowest BCUT2D eigenvalue weighted by Gasteiger charge is -2.33. The number of fused-ring (bicyclic) bond motifs is 1. The Kier molecular flexibility index (Phi) is 2.29. The predicted molar refractivity (Wildman–Crippen MR) is 68.6 cm³/mol. The molecule has 0 radical (unpaired) electrons. The molecule has 0 aliphatic heterocycles. The Bertz CT molecular complexity index is 501. The second kappa shape index (κ2) is 3.80. The molecule has 0 atom stereocenters. The van der Waals surface area contributed by atoms with Crippen LogP contribution < -0.4 is 11.1 Å². The number of hydrogen-bond donors (Lipinski definition) is 2. The summed E-state index contributed by atoms with van der Waals surface area (Å²) in [5.41, 5.74) is 6.98. The third-order valence-corrected chi connectivity index (χ3v) is 3.29. The predicted octanol–water partition coefficient (Wildman–Crippen LogP) is 2.74. The zero-order valence-corrected chi connectivity index (χ0v) is 9.19. The molecule has 0 bridgehead atoms. The molecule has 2 aromatic rings. The summed E-state index contributed by atoms with van der Waals surface area (Å²) in [5, 5.41) is 6.10. The molecule has 3 rings (SSSR count). The van der Waals surface area contributed by atoms with Gasteiger partial charge in [-0.05, 0) is 35.7 Å². The molecule has 2 nitrogen and oxygen atoms in total. The summed E-state index contributed by atoms with van der Waals surface area (Å²) in [6.45, 7) is 0. The molecule has 0 spiro atoms. The van der Waals surface area contributed by atoms with Gasteiger partial charge in [-0.25, -0.2) is 0 Å². The van der Waals surface area contributed by atoms with Crippen LogP contribution in [-0.4, -0.2) is 12.1 Å². The molecule has 0 amide bonds. The molecule has 0 saturated heterocycles. The van der Waals surface area contributed by atoms with E-state index in [1.807, 2.05) is 0 Å². The van der Waals surface area contributed by atoms with Crippen molar-refractivity contribution in [3.63, 3.8) is 0 Å². The first kappa shape index (κ1) is 9.67. The number of nitrogens with two attached hydrogens (primary N) is 1. The van der Waals surface area contributed by atoms with E-state index in [1.165, 1.54) is 16.5 Å². The number of anilines is 1. The first-order valence-corrected chi connectivity index (χ1v) is 5.82. The second-order valence-corrected chi connectivity index (χ2v) is 4.63. The summed E-state index contributed by atoms with van der Waals surface area (Å²) in [5.74, 6) is 0. The van der Waals surface area contributed by atoms with Crippen LogP contribution in [0.25, 0.3) is 10.8 Å². The Morgan fingerprint density at radius 3 is 2.50 bits per heavy atom. The van der Waals surface area contributed by atoms with E-state index in [0.29, 0.717) is 12.1 Å². The molecule has 1 fully saturated rings. The molecule has 1 aliphatic rings. The highest BCUT2D eigenvalue weighted by molar-refractivity contribution is 5.85. The third kappa shape index (κ3) is 1.76. The zero-order valence-electron chi connectivity index (χ0n) is 9.19. The molecule has 0 heterocycles. The van der Waals surface area contributed by atoms with Gasteiger partial charge >= 0.3 is 0 Å². The minimum atomic E-state index is 0.401. The molecular formula is C14H16N2. The van der Waals surface area contributed by atoms with Gasteiger partial charge in [0.05, 0.1) is 0 Å². The lowest BCUT2D eigenvalue weighted by atomic mass is 9.87. The van der Waals surface area contributed by atoms with Gasteiger partial charge in [0.15, 0.2) is 0 Å². The van der Waals surface area contributed by atoms with E-state index < -0.39 is 0 Å². The Morgan fingerprint density at radius 1 is 1.00 bits per heavy atom. The van der Waals surface area contributed by atoms with Crippen LogP contribution in [0, 0.1) is 0 Å². The smallest absolute Gasteiger partial charge is 0.0348 e. The summed E-state index contributed by atoms with van der Waals surface area (Å²) >= 11 is 0. The quantitative estimate of drug-likeness (QED) is 0.803. The van der Waals surface area contributed by atoms with Gasteiger partial charge in [0.25, 0.3) is 0 Å². The Hall–Kier alpha value is -1.54. The van der Waals surface area contributed by atoms with Crippen molar-refractivity contribution >= 4 is 16.5 Å². The van der Waals surface area contributed by atoms with Gasteiger partial charge in [0.1, 0.15) is 0 Å². The summed E-state index contributed by atoms with van der Waals surface area (Å²) in [6.07, 6.45) is 2.18. The fourth-order valence-electron chi connectivity index (χ4n) is 2.29. The first-order valence-electron chi connectivity index (χ1n) is 5.82. The molecule has 82 valence electrons. The fourth-order valence-corrected chi connectivity index (χ4v) is 2.29. The number of benzene rings is 2. The molecule has 16 heavy (non-hydrogen) atoms. The standard InChI is InChI=1S/C14H16N2/c15-12-8-14(9-12)16-13-6-5-10-3-1-2-4-11(10)7-13/h1-7,12,14,16H,8-9,15H2. The highest BCUT2D eigenvalue weighted by Crippen LogP contribution is 2.25. The van der Waals surface area contributed by atoms with Crippen molar-refractivity contribution in [3.05, 3.63) is 42.5 Å². The zero-order chi connectivity index (χ0) is 11.0. The van der Waals surface area contributed by atoms with Crippen LogP contribution in [0.1, 0.15) is 12.8 Å². The Balaban J connectivity index is 1.82. The highest BCUT2D eigenvalue weighted by atomic mass is 15.0. The van der Waals surface area contributed by atoms with Gasteiger partial charge in [-0.3, -0.25) is 0 Å². The van der Waals surface area contributed by atoms with Crippen LogP contribution in [-0.2, 0) is 0 Å². The molecule has 2 heteroatoms. The molecular weight excluding hydrogens is 196 g/mol. The fraction of sp³-hybridized carbons (Fsp3) is 0.286. The van der Waals surface area contributed by atoms with E-state index in [1.54, 1.807) is 0 Å². The molecule has 3 N–H and O–H groups in total. The van der Waals surface area contributed by atoms with E-state index in [0.717, 1.165) is 12.8 Å². The maximum absolute atomic E-state index is 5.77. The SMILES string of the molecule is NC1CC(Nc2ccc3ccccc3c2)C1. The van der Waals surface area contributed by atoms with Gasteiger partial charge < -0.3 is 11.1 Å². The van der Waals surface area contributed by atoms with Crippen LogP contribution in [0.5, 0.6) is 0 Å². The monoisotopic (exact) mass is 212 g/mol. The topological polar surface area (TPSA) is 38.0 Å². The Morgan fingerprint density at radius 2 is 1.75 bits per heavy atom. The molecule has 1 saturated carbocycles. The number of rotatable bonds is 2.